The van der Waals surface area contributed by atoms with E-state index in [2.05, 4.69) is 18.1 Å². The molecule has 1 rings (SSSR count). The van der Waals surface area contributed by atoms with Gasteiger partial charge in [-0.1, -0.05) is 0 Å². The van der Waals surface area contributed by atoms with Crippen molar-refractivity contribution in [2.45, 2.75) is 12.8 Å². The molecule has 0 aromatic carbocycles. The Morgan fingerprint density at radius 1 is 1.50 bits per heavy atom. The third kappa shape index (κ3) is 1.46. The molecule has 0 spiro atoms. The van der Waals surface area contributed by atoms with Crippen LogP contribution < -0.4 is 17.0 Å². The summed E-state index contributed by atoms with van der Waals surface area (Å²) in [6.07, 6.45) is 2.78. The number of hydrogen-bond acceptors (Lipinski definition) is 5. The van der Waals surface area contributed by atoms with Gasteiger partial charge >= 0.3 is 0 Å². The lowest BCUT2D eigenvalue weighted by Crippen LogP contribution is -2.25. The van der Waals surface area contributed by atoms with Crippen LogP contribution in [-0.2, 0) is 0 Å². The summed E-state index contributed by atoms with van der Waals surface area (Å²) in [4.78, 5) is 0.655. The van der Waals surface area contributed by atoms with Crippen molar-refractivity contribution in [2.75, 3.05) is 0 Å². The molecule has 4 nitrogen and oxygen atoms in total. The second-order valence-electron chi connectivity index (χ2n) is 2.55. The van der Waals surface area contributed by atoms with Crippen molar-refractivity contribution < 1.29 is 0 Å². The quantitative estimate of drug-likeness (QED) is 0.184. The summed E-state index contributed by atoms with van der Waals surface area (Å²) in [7, 11) is 0. The van der Waals surface area contributed by atoms with E-state index >= 15 is 0 Å². The monoisotopic (exact) mass is 184 g/mol. The number of thiol groups is 1. The van der Waals surface area contributed by atoms with Crippen molar-refractivity contribution in [3.63, 3.8) is 0 Å². The molecule has 1 aliphatic carbocycles. The number of nitrogens with two attached hydrogens (primary N) is 2. The lowest BCUT2D eigenvalue weighted by molar-refractivity contribution is 0.769. The van der Waals surface area contributed by atoms with E-state index < -0.39 is 0 Å². The zero-order valence-corrected chi connectivity index (χ0v) is 7.49. The normalized spacial score (nSPS) is 18.2. The van der Waals surface area contributed by atoms with Gasteiger partial charge in [-0.25, -0.2) is 0 Å². The van der Waals surface area contributed by atoms with E-state index in [9.17, 15) is 0 Å². The van der Waals surface area contributed by atoms with Gasteiger partial charge in [-0.15, -0.1) is 12.6 Å². The molecule has 0 fully saturated rings. The summed E-state index contributed by atoms with van der Waals surface area (Å²) in [5.74, 6) is 5.25. The van der Waals surface area contributed by atoms with E-state index in [1.54, 1.807) is 0 Å². The topological polar surface area (TPSA) is 87.9 Å². The number of hydrazine groups is 1. The van der Waals surface area contributed by atoms with Crippen LogP contribution in [0.15, 0.2) is 21.9 Å². The Morgan fingerprint density at radius 2 is 2.17 bits per heavy atom. The summed E-state index contributed by atoms with van der Waals surface area (Å²) in [6.45, 7) is 0. The highest BCUT2D eigenvalue weighted by molar-refractivity contribution is 7.84. The summed E-state index contributed by atoms with van der Waals surface area (Å²) < 4.78 is 0. The first kappa shape index (κ1) is 9.15. The van der Waals surface area contributed by atoms with Crippen LogP contribution in [0.3, 0.4) is 0 Å². The second kappa shape index (κ2) is 3.64. The summed E-state index contributed by atoms with van der Waals surface area (Å²) in [6, 6.07) is 0. The largest absolute Gasteiger partial charge is 0.398 e. The minimum absolute atomic E-state index is 0.549. The first-order valence-electron chi connectivity index (χ1n) is 3.59. The van der Waals surface area contributed by atoms with Crippen LogP contribution in [0.25, 0.3) is 0 Å². The molecule has 0 aliphatic heterocycles. The van der Waals surface area contributed by atoms with Crippen molar-refractivity contribution in [1.29, 1.82) is 5.41 Å². The fourth-order valence-corrected chi connectivity index (χ4v) is 1.44. The highest BCUT2D eigenvalue weighted by atomic mass is 32.1. The molecule has 0 atom stereocenters. The van der Waals surface area contributed by atoms with Gasteiger partial charge in [0.15, 0.2) is 0 Å². The highest BCUT2D eigenvalue weighted by Gasteiger charge is 2.14. The minimum Gasteiger partial charge on any atom is -0.398 e. The van der Waals surface area contributed by atoms with Crippen molar-refractivity contribution in [2.24, 2.45) is 11.6 Å². The molecule has 0 bridgehead atoms. The third-order valence-corrected chi connectivity index (χ3v) is 2.39. The number of nitrogens with one attached hydrogen (secondary N) is 2. The Labute approximate surface area is 76.6 Å². The molecule has 0 radical (unpaired) electrons. The van der Waals surface area contributed by atoms with E-state index in [0.29, 0.717) is 10.6 Å². The van der Waals surface area contributed by atoms with Gasteiger partial charge in [-0.2, -0.15) is 0 Å². The number of allylic oxidation sites excluding steroid dienone is 2. The average molecular weight is 184 g/mol. The van der Waals surface area contributed by atoms with Gasteiger partial charge < -0.3 is 16.6 Å². The lowest BCUT2D eigenvalue weighted by Gasteiger charge is -2.18. The van der Waals surface area contributed by atoms with Crippen molar-refractivity contribution >= 4 is 18.8 Å². The van der Waals surface area contributed by atoms with Crippen LogP contribution in [-0.4, -0.2) is 6.21 Å². The van der Waals surface area contributed by atoms with Gasteiger partial charge in [0.1, 0.15) is 0 Å². The van der Waals surface area contributed by atoms with Crippen molar-refractivity contribution in [3.05, 3.63) is 21.9 Å². The minimum atomic E-state index is 0.549. The molecule has 0 aromatic heterocycles. The third-order valence-electron chi connectivity index (χ3n) is 1.88. The van der Waals surface area contributed by atoms with Crippen molar-refractivity contribution in [3.8, 4) is 0 Å². The molecule has 0 saturated heterocycles. The molecule has 66 valence electrons. The summed E-state index contributed by atoms with van der Waals surface area (Å²) >= 11 is 4.20. The predicted octanol–water partition coefficient (Wildman–Crippen LogP) is 0.247. The molecule has 0 heterocycles. The lowest BCUT2D eigenvalue weighted by atomic mass is 10.0. The number of hydrogen-bond donors (Lipinski definition) is 5. The highest BCUT2D eigenvalue weighted by Crippen LogP contribution is 2.26. The van der Waals surface area contributed by atoms with Crippen LogP contribution >= 0.6 is 12.6 Å². The van der Waals surface area contributed by atoms with Crippen LogP contribution in [0.5, 0.6) is 0 Å². The molecular formula is C7H12N4S. The van der Waals surface area contributed by atoms with Crippen LogP contribution in [0.4, 0.5) is 0 Å². The first-order valence-corrected chi connectivity index (χ1v) is 4.03. The maximum Gasteiger partial charge on any atom is 0.0515 e. The van der Waals surface area contributed by atoms with Gasteiger partial charge in [0.25, 0.3) is 0 Å². The molecule has 5 heteroatoms. The van der Waals surface area contributed by atoms with E-state index in [-0.39, 0.29) is 0 Å². The van der Waals surface area contributed by atoms with Gasteiger partial charge in [0, 0.05) is 16.8 Å². The van der Waals surface area contributed by atoms with Gasteiger partial charge in [-0.05, 0) is 18.4 Å². The van der Waals surface area contributed by atoms with E-state index in [4.69, 9.17) is 17.0 Å². The molecule has 0 aromatic rings. The zero-order chi connectivity index (χ0) is 9.14. The van der Waals surface area contributed by atoms with Crippen molar-refractivity contribution in [1.82, 2.24) is 5.43 Å². The maximum atomic E-state index is 7.07. The van der Waals surface area contributed by atoms with E-state index in [1.165, 1.54) is 6.21 Å². The predicted molar refractivity (Wildman–Crippen MR) is 52.6 cm³/mol. The molecule has 12 heavy (non-hydrogen) atoms. The summed E-state index contributed by atoms with van der Waals surface area (Å²) in [5.41, 5.74) is 10.4. The van der Waals surface area contributed by atoms with Gasteiger partial charge in [0.05, 0.1) is 5.70 Å². The fraction of sp³-hybridized carbons (Fsp3) is 0.286. The molecule has 0 unspecified atom stereocenters. The van der Waals surface area contributed by atoms with Gasteiger partial charge in [0.2, 0.25) is 0 Å². The molecule has 1 aliphatic rings. The Hall–Kier alpha value is -0.940. The standard InChI is InChI=1S/C7H12N4S/c8-3-4-1-2-5(11-10)7(12)6(4)9/h3,8,11-12H,1-2,9-10H2. The van der Waals surface area contributed by atoms with Gasteiger partial charge in [-0.3, -0.25) is 5.84 Å². The fourth-order valence-electron chi connectivity index (χ4n) is 1.12. The Morgan fingerprint density at radius 3 is 2.67 bits per heavy atom. The molecule has 0 amide bonds. The smallest absolute Gasteiger partial charge is 0.0515 e. The Kier molecular flexibility index (Phi) is 2.78. The maximum absolute atomic E-state index is 7.07. The number of rotatable bonds is 2. The van der Waals surface area contributed by atoms with Crippen LogP contribution in [0, 0.1) is 5.41 Å². The Balaban J connectivity index is 3.04. The van der Waals surface area contributed by atoms with Crippen LogP contribution in [0.1, 0.15) is 12.8 Å². The Bertz CT molecular complexity index is 267. The van der Waals surface area contributed by atoms with E-state index in [1.807, 2.05) is 0 Å². The second-order valence-corrected chi connectivity index (χ2v) is 3.00. The first-order chi connectivity index (χ1) is 5.70. The SMILES string of the molecule is N=CC1=C(N)C(S)=C(NN)CC1. The average Bonchev–Trinajstić information content (AvgIpc) is 2.10. The van der Waals surface area contributed by atoms with Crippen LogP contribution in [0.2, 0.25) is 0 Å². The molecule has 6 N–H and O–H groups in total. The zero-order valence-electron chi connectivity index (χ0n) is 6.59. The molecular weight excluding hydrogens is 172 g/mol. The van der Waals surface area contributed by atoms with E-state index in [0.717, 1.165) is 24.1 Å². The molecule has 0 saturated carbocycles. The summed E-state index contributed by atoms with van der Waals surface area (Å²) in [5, 5.41) is 7.07.